The highest BCUT2D eigenvalue weighted by molar-refractivity contribution is 5.75. The molecule has 2 heterocycles. The highest BCUT2D eigenvalue weighted by Gasteiger charge is 2.53. The number of likely N-dealkylation sites (tertiary alicyclic amines) is 1. The molecule has 0 saturated carbocycles. The molecule has 0 radical (unpaired) electrons. The third-order valence-electron chi connectivity index (χ3n) is 4.48. The van der Waals surface area contributed by atoms with Crippen molar-refractivity contribution < 1.29 is 9.53 Å². The van der Waals surface area contributed by atoms with Gasteiger partial charge in [0, 0.05) is 25.2 Å². The van der Waals surface area contributed by atoms with Gasteiger partial charge in [0.15, 0.2) is 0 Å². The smallest absolute Gasteiger partial charge is 0.312 e. The van der Waals surface area contributed by atoms with Crippen molar-refractivity contribution in [2.75, 3.05) is 26.2 Å². The van der Waals surface area contributed by atoms with E-state index in [1.807, 2.05) is 13.0 Å². The monoisotopic (exact) mass is 274 g/mol. The Kier molecular flexibility index (Phi) is 3.76. The maximum absolute atomic E-state index is 12.2. The number of carbonyl (C=O) groups excluding carboxylic acids is 1. The molecule has 2 fully saturated rings. The lowest BCUT2D eigenvalue weighted by Crippen LogP contribution is -2.63. The molecular weight excluding hydrogens is 252 g/mol. The largest absolute Gasteiger partial charge is 0.466 e. The quantitative estimate of drug-likeness (QED) is 0.843. The average Bonchev–Trinajstić information content (AvgIpc) is 2.80. The van der Waals surface area contributed by atoms with Crippen LogP contribution in [-0.2, 0) is 16.1 Å². The molecule has 4 heteroatoms. The molecule has 0 amide bonds. The highest BCUT2D eigenvalue weighted by atomic mass is 16.5. The first kappa shape index (κ1) is 13.6. The van der Waals surface area contributed by atoms with Crippen LogP contribution < -0.4 is 5.32 Å². The zero-order valence-electron chi connectivity index (χ0n) is 12.0. The Morgan fingerprint density at radius 2 is 2.20 bits per heavy atom. The second kappa shape index (κ2) is 5.54. The molecule has 0 aromatic heterocycles. The molecule has 0 unspecified atom stereocenters. The Morgan fingerprint density at radius 1 is 1.45 bits per heavy atom. The number of hydrogen-bond donors (Lipinski definition) is 1. The first-order chi connectivity index (χ1) is 9.73. The van der Waals surface area contributed by atoms with E-state index < -0.39 is 0 Å². The van der Waals surface area contributed by atoms with Crippen molar-refractivity contribution in [3.8, 4) is 0 Å². The molecule has 4 nitrogen and oxygen atoms in total. The van der Waals surface area contributed by atoms with E-state index >= 15 is 0 Å². The van der Waals surface area contributed by atoms with Crippen LogP contribution in [0.2, 0.25) is 0 Å². The Morgan fingerprint density at radius 3 is 2.80 bits per heavy atom. The van der Waals surface area contributed by atoms with Gasteiger partial charge < -0.3 is 10.1 Å². The second-order valence-corrected chi connectivity index (χ2v) is 5.79. The molecular formula is C16H22N2O2. The SMILES string of the molecule is CCOC(=O)[C@H]1CN(Cc2ccccc2)C[C@@]12CCN2. The number of rotatable bonds is 4. The molecule has 108 valence electrons. The summed E-state index contributed by atoms with van der Waals surface area (Å²) in [4.78, 5) is 14.5. The van der Waals surface area contributed by atoms with E-state index in [1.165, 1.54) is 5.56 Å². The number of nitrogens with zero attached hydrogens (tertiary/aromatic N) is 1. The van der Waals surface area contributed by atoms with E-state index in [0.29, 0.717) is 6.61 Å². The number of nitrogens with one attached hydrogen (secondary N) is 1. The zero-order chi connectivity index (χ0) is 14.0. The predicted molar refractivity (Wildman–Crippen MR) is 77.2 cm³/mol. The maximum Gasteiger partial charge on any atom is 0.312 e. The van der Waals surface area contributed by atoms with Gasteiger partial charge in [-0.05, 0) is 25.5 Å². The fourth-order valence-corrected chi connectivity index (χ4v) is 3.39. The lowest BCUT2D eigenvalue weighted by atomic mass is 9.78. The van der Waals surface area contributed by atoms with Crippen LogP contribution in [0.4, 0.5) is 0 Å². The molecule has 2 aliphatic heterocycles. The zero-order valence-corrected chi connectivity index (χ0v) is 12.0. The van der Waals surface area contributed by atoms with Crippen molar-refractivity contribution in [2.24, 2.45) is 5.92 Å². The van der Waals surface area contributed by atoms with Crippen LogP contribution in [0.5, 0.6) is 0 Å². The van der Waals surface area contributed by atoms with Gasteiger partial charge in [-0.3, -0.25) is 9.69 Å². The van der Waals surface area contributed by atoms with Gasteiger partial charge in [0.05, 0.1) is 12.5 Å². The van der Waals surface area contributed by atoms with E-state index in [1.54, 1.807) is 0 Å². The Bertz CT molecular complexity index is 471. The van der Waals surface area contributed by atoms with Crippen molar-refractivity contribution in [3.63, 3.8) is 0 Å². The Hall–Kier alpha value is -1.39. The van der Waals surface area contributed by atoms with Gasteiger partial charge in [0.2, 0.25) is 0 Å². The van der Waals surface area contributed by atoms with Gasteiger partial charge in [0.25, 0.3) is 0 Å². The number of esters is 1. The van der Waals surface area contributed by atoms with Crippen molar-refractivity contribution in [3.05, 3.63) is 35.9 Å². The Balaban J connectivity index is 1.69. The van der Waals surface area contributed by atoms with E-state index in [4.69, 9.17) is 4.74 Å². The standard InChI is InChI=1S/C16H22N2O2/c1-2-20-15(19)14-11-18(12-16(14)8-9-17-16)10-13-6-4-3-5-7-13/h3-7,14,17H,2,8-12H2,1H3/t14-,16+/m1/s1. The van der Waals surface area contributed by atoms with Crippen molar-refractivity contribution in [2.45, 2.75) is 25.4 Å². The lowest BCUT2D eigenvalue weighted by molar-refractivity contribution is -0.150. The van der Waals surface area contributed by atoms with Crippen LogP contribution in [-0.4, -0.2) is 42.6 Å². The summed E-state index contributed by atoms with van der Waals surface area (Å²) < 4.78 is 5.25. The summed E-state index contributed by atoms with van der Waals surface area (Å²) in [6, 6.07) is 10.4. The molecule has 2 atom stereocenters. The average molecular weight is 274 g/mol. The number of benzene rings is 1. The molecule has 20 heavy (non-hydrogen) atoms. The van der Waals surface area contributed by atoms with Crippen LogP contribution in [0, 0.1) is 5.92 Å². The normalized spacial score (nSPS) is 29.4. The van der Waals surface area contributed by atoms with E-state index in [2.05, 4.69) is 34.5 Å². The summed E-state index contributed by atoms with van der Waals surface area (Å²) in [5.41, 5.74) is 1.26. The first-order valence-electron chi connectivity index (χ1n) is 7.41. The molecule has 2 aliphatic rings. The molecule has 1 aromatic rings. The topological polar surface area (TPSA) is 41.6 Å². The number of ether oxygens (including phenoxy) is 1. The van der Waals surface area contributed by atoms with Gasteiger partial charge in [-0.15, -0.1) is 0 Å². The maximum atomic E-state index is 12.2. The fraction of sp³-hybridized carbons (Fsp3) is 0.562. The third kappa shape index (κ3) is 2.45. The van der Waals surface area contributed by atoms with Gasteiger partial charge in [-0.1, -0.05) is 30.3 Å². The van der Waals surface area contributed by atoms with Crippen LogP contribution in [0.3, 0.4) is 0 Å². The molecule has 1 spiro atoms. The molecule has 0 bridgehead atoms. The van der Waals surface area contributed by atoms with E-state index in [9.17, 15) is 4.79 Å². The van der Waals surface area contributed by atoms with Crippen LogP contribution >= 0.6 is 0 Å². The minimum Gasteiger partial charge on any atom is -0.466 e. The number of carbonyl (C=O) groups is 1. The van der Waals surface area contributed by atoms with Gasteiger partial charge >= 0.3 is 5.97 Å². The summed E-state index contributed by atoms with van der Waals surface area (Å²) in [5.74, 6) is -0.0739. The summed E-state index contributed by atoms with van der Waals surface area (Å²) in [6.45, 7) is 5.97. The van der Waals surface area contributed by atoms with Crippen LogP contribution in [0.1, 0.15) is 18.9 Å². The molecule has 3 rings (SSSR count). The molecule has 1 N–H and O–H groups in total. The van der Waals surface area contributed by atoms with Gasteiger partial charge in [0.1, 0.15) is 0 Å². The van der Waals surface area contributed by atoms with Crippen molar-refractivity contribution in [1.82, 2.24) is 10.2 Å². The summed E-state index contributed by atoms with van der Waals surface area (Å²) in [6.07, 6.45) is 1.07. The summed E-state index contributed by atoms with van der Waals surface area (Å²) >= 11 is 0. The van der Waals surface area contributed by atoms with E-state index in [-0.39, 0.29) is 17.4 Å². The van der Waals surface area contributed by atoms with E-state index in [0.717, 1.165) is 32.6 Å². The molecule has 0 aliphatic carbocycles. The molecule has 1 aromatic carbocycles. The lowest BCUT2D eigenvalue weighted by Gasteiger charge is -2.43. The highest BCUT2D eigenvalue weighted by Crippen LogP contribution is 2.37. The molecule has 2 saturated heterocycles. The summed E-state index contributed by atoms with van der Waals surface area (Å²) in [5, 5.41) is 3.48. The predicted octanol–water partition coefficient (Wildman–Crippen LogP) is 1.41. The number of hydrogen-bond acceptors (Lipinski definition) is 4. The fourth-order valence-electron chi connectivity index (χ4n) is 3.39. The summed E-state index contributed by atoms with van der Waals surface area (Å²) in [7, 11) is 0. The minimum atomic E-state index is -0.0461. The Labute approximate surface area is 120 Å². The van der Waals surface area contributed by atoms with Crippen molar-refractivity contribution >= 4 is 5.97 Å². The second-order valence-electron chi connectivity index (χ2n) is 5.79. The van der Waals surface area contributed by atoms with Gasteiger partial charge in [-0.25, -0.2) is 0 Å². The minimum absolute atomic E-state index is 0.0279. The van der Waals surface area contributed by atoms with Crippen LogP contribution in [0.25, 0.3) is 0 Å². The van der Waals surface area contributed by atoms with Crippen LogP contribution in [0.15, 0.2) is 30.3 Å². The van der Waals surface area contributed by atoms with Gasteiger partial charge in [-0.2, -0.15) is 0 Å². The first-order valence-corrected chi connectivity index (χ1v) is 7.41. The van der Waals surface area contributed by atoms with Crippen molar-refractivity contribution in [1.29, 1.82) is 0 Å². The third-order valence-corrected chi connectivity index (χ3v) is 4.48.